The van der Waals surface area contributed by atoms with E-state index in [1.807, 2.05) is 0 Å². The van der Waals surface area contributed by atoms with E-state index >= 15 is 0 Å². The number of rotatable bonds is 4. The van der Waals surface area contributed by atoms with Crippen molar-refractivity contribution in [3.05, 3.63) is 151 Å². The third kappa shape index (κ3) is 3.67. The molecule has 0 N–H and O–H groups in total. The van der Waals surface area contributed by atoms with Gasteiger partial charge in [-0.05, 0) is 131 Å². The van der Waals surface area contributed by atoms with Crippen LogP contribution >= 0.6 is 0 Å². The monoisotopic (exact) mass is 579 g/mol. The van der Waals surface area contributed by atoms with Crippen molar-refractivity contribution in [1.82, 2.24) is 0 Å². The molecule has 1 spiro atoms. The second-order valence-electron chi connectivity index (χ2n) is 14.2. The van der Waals surface area contributed by atoms with E-state index in [0.29, 0.717) is 0 Å². The van der Waals surface area contributed by atoms with Gasteiger partial charge >= 0.3 is 0 Å². The smallest absolute Gasteiger partial charge is 0.0540 e. The van der Waals surface area contributed by atoms with Crippen LogP contribution in [0, 0.1) is 23.7 Å². The second kappa shape index (κ2) is 9.69. The van der Waals surface area contributed by atoms with Crippen LogP contribution in [0.1, 0.15) is 43.2 Å². The van der Waals surface area contributed by atoms with Crippen molar-refractivity contribution in [3.63, 3.8) is 0 Å². The fourth-order valence-corrected chi connectivity index (χ4v) is 10.5. The van der Waals surface area contributed by atoms with Gasteiger partial charge in [0.2, 0.25) is 0 Å². The summed E-state index contributed by atoms with van der Waals surface area (Å²) in [5.74, 6) is 3.49. The van der Waals surface area contributed by atoms with Gasteiger partial charge in [-0.1, -0.05) is 103 Å². The summed E-state index contributed by atoms with van der Waals surface area (Å²) < 4.78 is 0. The van der Waals surface area contributed by atoms with Crippen LogP contribution < -0.4 is 4.90 Å². The molecule has 0 atom stereocenters. The molecule has 11 rings (SSSR count). The Balaban J connectivity index is 1.08. The van der Waals surface area contributed by atoms with Crippen molar-refractivity contribution >= 4 is 27.8 Å². The maximum absolute atomic E-state index is 2.60. The molecule has 6 aromatic rings. The summed E-state index contributed by atoms with van der Waals surface area (Å²) >= 11 is 0. The molecule has 218 valence electrons. The highest BCUT2D eigenvalue weighted by molar-refractivity contribution is 5.99. The van der Waals surface area contributed by atoms with Crippen molar-refractivity contribution in [1.29, 1.82) is 0 Å². The molecule has 4 bridgehead atoms. The van der Waals surface area contributed by atoms with E-state index in [1.54, 1.807) is 11.1 Å². The zero-order valence-electron chi connectivity index (χ0n) is 25.6. The quantitative estimate of drug-likeness (QED) is 0.201. The van der Waals surface area contributed by atoms with Crippen molar-refractivity contribution in [2.45, 2.75) is 37.5 Å². The molecule has 5 aliphatic carbocycles. The summed E-state index contributed by atoms with van der Waals surface area (Å²) in [7, 11) is 0. The maximum atomic E-state index is 2.60. The lowest BCUT2D eigenvalue weighted by atomic mass is 9.43. The number of fused-ring (bicyclic) bond motifs is 4. The minimum Gasteiger partial charge on any atom is -0.310 e. The lowest BCUT2D eigenvalue weighted by Crippen LogP contribution is -2.55. The average molecular weight is 580 g/mol. The van der Waals surface area contributed by atoms with Crippen molar-refractivity contribution in [2.75, 3.05) is 4.90 Å². The minimum atomic E-state index is 0.202. The van der Waals surface area contributed by atoms with Gasteiger partial charge < -0.3 is 4.90 Å². The highest BCUT2D eigenvalue weighted by Gasteiger charge is 2.61. The number of anilines is 3. The van der Waals surface area contributed by atoms with Crippen LogP contribution in [0.4, 0.5) is 17.1 Å². The molecule has 0 saturated heterocycles. The molecule has 0 amide bonds. The molecular weight excluding hydrogens is 542 g/mol. The second-order valence-corrected chi connectivity index (χ2v) is 14.2. The number of hydrogen-bond donors (Lipinski definition) is 0. The first-order chi connectivity index (χ1) is 22.3. The van der Waals surface area contributed by atoms with Gasteiger partial charge in [-0.3, -0.25) is 0 Å². The first-order valence-corrected chi connectivity index (χ1v) is 16.9. The predicted molar refractivity (Wildman–Crippen MR) is 187 cm³/mol. The van der Waals surface area contributed by atoms with E-state index in [2.05, 4.69) is 144 Å². The number of nitrogens with zero attached hydrogens (tertiary/aromatic N) is 1. The molecule has 1 heteroatoms. The Kier molecular flexibility index (Phi) is 5.53. The molecule has 4 saturated carbocycles. The Morgan fingerprint density at radius 2 is 1.09 bits per heavy atom. The molecular formula is C44H37N. The lowest BCUT2D eigenvalue weighted by molar-refractivity contribution is -0.0399. The van der Waals surface area contributed by atoms with Crippen molar-refractivity contribution in [3.8, 4) is 22.3 Å². The van der Waals surface area contributed by atoms with Gasteiger partial charge in [0.05, 0.1) is 5.69 Å². The summed E-state index contributed by atoms with van der Waals surface area (Å²) in [6, 6.07) is 52.2. The fraction of sp³-hybridized carbons (Fsp3) is 0.227. The first-order valence-electron chi connectivity index (χ1n) is 16.9. The Morgan fingerprint density at radius 3 is 1.89 bits per heavy atom. The third-order valence-corrected chi connectivity index (χ3v) is 12.0. The summed E-state index contributed by atoms with van der Waals surface area (Å²) in [5, 5.41) is 2.51. The Hall–Kier alpha value is -4.62. The largest absolute Gasteiger partial charge is 0.310 e. The normalized spacial score (nSPS) is 25.4. The molecule has 0 aliphatic heterocycles. The van der Waals surface area contributed by atoms with Gasteiger partial charge in [-0.2, -0.15) is 0 Å². The zero-order chi connectivity index (χ0) is 29.5. The van der Waals surface area contributed by atoms with Crippen LogP contribution in [0.15, 0.2) is 140 Å². The van der Waals surface area contributed by atoms with E-state index in [-0.39, 0.29) is 5.41 Å². The van der Waals surface area contributed by atoms with Crippen LogP contribution in [0.25, 0.3) is 33.0 Å². The number of para-hydroxylation sites is 1. The molecule has 1 nitrogen and oxygen atoms in total. The third-order valence-electron chi connectivity index (χ3n) is 12.0. The van der Waals surface area contributed by atoms with E-state index in [9.17, 15) is 0 Å². The van der Waals surface area contributed by atoms with E-state index in [1.165, 1.54) is 82.2 Å². The summed E-state index contributed by atoms with van der Waals surface area (Å²) in [6.45, 7) is 0. The van der Waals surface area contributed by atoms with Crippen molar-refractivity contribution < 1.29 is 0 Å². The molecule has 0 aromatic heterocycles. The summed E-state index contributed by atoms with van der Waals surface area (Å²) in [5.41, 5.74) is 12.6. The molecule has 5 aliphatic rings. The lowest BCUT2D eigenvalue weighted by Gasteiger charge is -2.61. The summed E-state index contributed by atoms with van der Waals surface area (Å²) in [4.78, 5) is 2.40. The molecule has 0 unspecified atom stereocenters. The van der Waals surface area contributed by atoms with Gasteiger partial charge in [0.15, 0.2) is 0 Å². The number of hydrogen-bond acceptors (Lipinski definition) is 1. The highest BCUT2D eigenvalue weighted by atomic mass is 15.1. The molecule has 45 heavy (non-hydrogen) atoms. The summed E-state index contributed by atoms with van der Waals surface area (Å²) in [6.07, 6.45) is 7.17. The van der Waals surface area contributed by atoms with Gasteiger partial charge in [0, 0.05) is 22.2 Å². The van der Waals surface area contributed by atoms with Crippen LogP contribution in [0.3, 0.4) is 0 Å². The predicted octanol–water partition coefficient (Wildman–Crippen LogP) is 11.7. The Bertz CT molecular complexity index is 2040. The topological polar surface area (TPSA) is 3.24 Å². The first kappa shape index (κ1) is 25.7. The van der Waals surface area contributed by atoms with Crippen LogP contribution in [0.2, 0.25) is 0 Å². The Morgan fingerprint density at radius 1 is 0.467 bits per heavy atom. The molecule has 0 heterocycles. The van der Waals surface area contributed by atoms with Gasteiger partial charge in [-0.25, -0.2) is 0 Å². The minimum absolute atomic E-state index is 0.202. The van der Waals surface area contributed by atoms with Gasteiger partial charge in [-0.15, -0.1) is 0 Å². The fourth-order valence-electron chi connectivity index (χ4n) is 10.5. The van der Waals surface area contributed by atoms with Crippen LogP contribution in [-0.2, 0) is 5.41 Å². The van der Waals surface area contributed by atoms with E-state index in [4.69, 9.17) is 0 Å². The van der Waals surface area contributed by atoms with Crippen LogP contribution in [-0.4, -0.2) is 0 Å². The molecule has 0 radical (unpaired) electrons. The van der Waals surface area contributed by atoms with Crippen molar-refractivity contribution in [2.24, 2.45) is 23.7 Å². The standard InChI is InChI=1S/C44H37N/c1-2-11-36(12-3-1)45(43-16-8-10-32-9-4-5-13-38(32)43)37-20-17-31(18-21-37)33-19-22-40-39-14-6-7-15-41(39)44(42(40)28-33)34-24-29-23-30(26-34)27-35(44)25-29/h1-22,28-30,34-35H,23-27H2. The average Bonchev–Trinajstić information content (AvgIpc) is 3.38. The van der Waals surface area contributed by atoms with E-state index in [0.717, 1.165) is 23.7 Å². The Labute approximate surface area is 266 Å². The van der Waals surface area contributed by atoms with E-state index < -0.39 is 0 Å². The highest BCUT2D eigenvalue weighted by Crippen LogP contribution is 2.69. The number of benzene rings is 6. The molecule has 4 fully saturated rings. The van der Waals surface area contributed by atoms with Gasteiger partial charge in [0.25, 0.3) is 0 Å². The zero-order valence-corrected chi connectivity index (χ0v) is 25.6. The van der Waals surface area contributed by atoms with Crippen LogP contribution in [0.5, 0.6) is 0 Å². The molecule has 6 aromatic carbocycles. The SMILES string of the molecule is c1ccc(N(c2ccc(-c3ccc4c(c3)C3(c5ccccc5-4)C4CC5CC(C4)CC3C5)cc2)c2cccc3ccccc23)cc1. The maximum Gasteiger partial charge on any atom is 0.0540 e. The van der Waals surface area contributed by atoms with Gasteiger partial charge in [0.1, 0.15) is 0 Å².